The van der Waals surface area contributed by atoms with Gasteiger partial charge in [0.25, 0.3) is 0 Å². The zero-order valence-corrected chi connectivity index (χ0v) is 12.7. The molecule has 0 amide bonds. The van der Waals surface area contributed by atoms with Crippen LogP contribution in [-0.4, -0.2) is 19.1 Å². The minimum atomic E-state index is -0.113. The van der Waals surface area contributed by atoms with E-state index in [4.69, 9.17) is 0 Å². The number of rotatable bonds is 8. The van der Waals surface area contributed by atoms with Gasteiger partial charge in [-0.1, -0.05) is 19.9 Å². The van der Waals surface area contributed by atoms with Crippen LogP contribution in [0.1, 0.15) is 46.1 Å². The van der Waals surface area contributed by atoms with E-state index in [0.717, 1.165) is 43.7 Å². The quantitative estimate of drug-likeness (QED) is 0.717. The van der Waals surface area contributed by atoms with Crippen molar-refractivity contribution in [3.8, 4) is 0 Å². The van der Waals surface area contributed by atoms with Gasteiger partial charge < -0.3 is 10.2 Å². The monoisotopic (exact) mass is 266 g/mol. The highest BCUT2D eigenvalue weighted by atomic mass is 19.1. The average molecular weight is 266 g/mol. The highest BCUT2D eigenvalue weighted by Gasteiger charge is 2.15. The lowest BCUT2D eigenvalue weighted by molar-refractivity contribution is 0.580. The van der Waals surface area contributed by atoms with E-state index in [1.165, 1.54) is 0 Å². The summed E-state index contributed by atoms with van der Waals surface area (Å²) in [4.78, 5) is 2.12. The van der Waals surface area contributed by atoms with E-state index in [0.29, 0.717) is 6.04 Å². The van der Waals surface area contributed by atoms with E-state index in [2.05, 4.69) is 37.9 Å². The molecule has 2 nitrogen and oxygen atoms in total. The Balaban J connectivity index is 2.80. The van der Waals surface area contributed by atoms with E-state index in [1.807, 2.05) is 12.1 Å². The molecule has 0 saturated carbocycles. The number of hydrogen-bond acceptors (Lipinski definition) is 2. The third-order valence-electron chi connectivity index (χ3n) is 3.54. The van der Waals surface area contributed by atoms with Crippen molar-refractivity contribution >= 4 is 5.69 Å². The molecule has 0 aromatic heterocycles. The van der Waals surface area contributed by atoms with Crippen molar-refractivity contribution in [1.29, 1.82) is 0 Å². The molecule has 0 fully saturated rings. The van der Waals surface area contributed by atoms with Crippen LogP contribution in [0, 0.1) is 5.82 Å². The van der Waals surface area contributed by atoms with E-state index in [9.17, 15) is 4.39 Å². The van der Waals surface area contributed by atoms with Gasteiger partial charge in [-0.3, -0.25) is 0 Å². The summed E-state index contributed by atoms with van der Waals surface area (Å²) in [5.41, 5.74) is 1.73. The molecule has 0 aliphatic carbocycles. The molecular weight excluding hydrogens is 239 g/mol. The largest absolute Gasteiger partial charge is 0.367 e. The Morgan fingerprint density at radius 3 is 2.53 bits per heavy atom. The maximum atomic E-state index is 14.2. The molecule has 0 spiro atoms. The Morgan fingerprint density at radius 1 is 1.26 bits per heavy atom. The minimum Gasteiger partial charge on any atom is -0.367 e. The molecule has 0 aliphatic heterocycles. The van der Waals surface area contributed by atoms with E-state index < -0.39 is 0 Å². The van der Waals surface area contributed by atoms with Crippen LogP contribution >= 0.6 is 0 Å². The van der Waals surface area contributed by atoms with Gasteiger partial charge in [0, 0.05) is 19.1 Å². The molecule has 1 N–H and O–H groups in total. The molecule has 1 aromatic rings. The fourth-order valence-electron chi connectivity index (χ4n) is 2.24. The lowest BCUT2D eigenvalue weighted by Crippen LogP contribution is -2.33. The predicted molar refractivity (Wildman–Crippen MR) is 81.2 cm³/mol. The Morgan fingerprint density at radius 2 is 2.00 bits per heavy atom. The second-order valence-corrected chi connectivity index (χ2v) is 5.01. The molecule has 0 radical (unpaired) electrons. The van der Waals surface area contributed by atoms with Gasteiger partial charge in [0.2, 0.25) is 0 Å². The van der Waals surface area contributed by atoms with Crippen molar-refractivity contribution < 1.29 is 4.39 Å². The SMILES string of the molecule is CCCNCc1ccc(N(CC)C(C)CC)c(F)c1. The summed E-state index contributed by atoms with van der Waals surface area (Å²) >= 11 is 0. The van der Waals surface area contributed by atoms with Crippen molar-refractivity contribution in [3.63, 3.8) is 0 Å². The minimum absolute atomic E-state index is 0.113. The summed E-state index contributed by atoms with van der Waals surface area (Å²) in [5, 5.41) is 3.29. The van der Waals surface area contributed by atoms with Crippen LogP contribution in [-0.2, 0) is 6.54 Å². The molecule has 19 heavy (non-hydrogen) atoms. The lowest BCUT2D eigenvalue weighted by Gasteiger charge is -2.30. The molecule has 0 bridgehead atoms. The number of nitrogens with one attached hydrogen (secondary N) is 1. The van der Waals surface area contributed by atoms with E-state index in [1.54, 1.807) is 6.07 Å². The summed E-state index contributed by atoms with van der Waals surface area (Å²) in [6, 6.07) is 5.95. The normalized spacial score (nSPS) is 12.5. The Bertz CT molecular complexity index is 379. The maximum absolute atomic E-state index is 14.2. The molecule has 0 saturated heterocycles. The third-order valence-corrected chi connectivity index (χ3v) is 3.54. The van der Waals surface area contributed by atoms with Crippen molar-refractivity contribution in [2.24, 2.45) is 0 Å². The second-order valence-electron chi connectivity index (χ2n) is 5.01. The predicted octanol–water partition coefficient (Wildman–Crippen LogP) is 3.95. The lowest BCUT2D eigenvalue weighted by atomic mass is 10.1. The van der Waals surface area contributed by atoms with Gasteiger partial charge >= 0.3 is 0 Å². The zero-order chi connectivity index (χ0) is 14.3. The van der Waals surface area contributed by atoms with Crippen molar-refractivity contribution in [1.82, 2.24) is 5.32 Å². The Labute approximate surface area is 117 Å². The zero-order valence-electron chi connectivity index (χ0n) is 12.7. The molecule has 1 aromatic carbocycles. The second kappa shape index (κ2) is 8.16. The van der Waals surface area contributed by atoms with Crippen LogP contribution in [0.2, 0.25) is 0 Å². The summed E-state index contributed by atoms with van der Waals surface area (Å²) in [5.74, 6) is -0.113. The summed E-state index contributed by atoms with van der Waals surface area (Å²) < 4.78 is 14.2. The van der Waals surface area contributed by atoms with E-state index >= 15 is 0 Å². The summed E-state index contributed by atoms with van der Waals surface area (Å²) in [6.45, 7) is 11.0. The van der Waals surface area contributed by atoms with Crippen molar-refractivity contribution in [2.75, 3.05) is 18.0 Å². The van der Waals surface area contributed by atoms with Gasteiger partial charge in [-0.25, -0.2) is 4.39 Å². The molecule has 0 heterocycles. The molecule has 0 aliphatic rings. The first-order chi connectivity index (χ1) is 9.13. The number of benzene rings is 1. The van der Waals surface area contributed by atoms with Crippen LogP contribution in [0.5, 0.6) is 0 Å². The van der Waals surface area contributed by atoms with Gasteiger partial charge in [0.05, 0.1) is 5.69 Å². The van der Waals surface area contributed by atoms with Crippen LogP contribution in [0.25, 0.3) is 0 Å². The molecule has 1 unspecified atom stereocenters. The van der Waals surface area contributed by atoms with Gasteiger partial charge in [-0.2, -0.15) is 0 Å². The highest BCUT2D eigenvalue weighted by molar-refractivity contribution is 5.50. The van der Waals surface area contributed by atoms with Crippen LogP contribution in [0.15, 0.2) is 18.2 Å². The molecule has 108 valence electrons. The topological polar surface area (TPSA) is 15.3 Å². The first-order valence-electron chi connectivity index (χ1n) is 7.39. The Hall–Kier alpha value is -1.09. The number of hydrogen-bond donors (Lipinski definition) is 1. The van der Waals surface area contributed by atoms with Crippen LogP contribution in [0.4, 0.5) is 10.1 Å². The number of anilines is 1. The molecule has 3 heteroatoms. The van der Waals surface area contributed by atoms with Gasteiger partial charge in [0.1, 0.15) is 5.82 Å². The first kappa shape index (κ1) is 16.0. The van der Waals surface area contributed by atoms with Gasteiger partial charge in [-0.15, -0.1) is 0 Å². The summed E-state index contributed by atoms with van der Waals surface area (Å²) in [7, 11) is 0. The summed E-state index contributed by atoms with van der Waals surface area (Å²) in [6.07, 6.45) is 2.12. The van der Waals surface area contributed by atoms with Crippen molar-refractivity contribution in [3.05, 3.63) is 29.6 Å². The molecular formula is C16H27FN2. The average Bonchev–Trinajstić information content (AvgIpc) is 2.41. The molecule has 1 rings (SSSR count). The first-order valence-corrected chi connectivity index (χ1v) is 7.39. The van der Waals surface area contributed by atoms with Crippen LogP contribution in [0.3, 0.4) is 0 Å². The number of nitrogens with zero attached hydrogens (tertiary/aromatic N) is 1. The molecule has 1 atom stereocenters. The Kier molecular flexibility index (Phi) is 6.85. The van der Waals surface area contributed by atoms with Gasteiger partial charge in [0.15, 0.2) is 0 Å². The maximum Gasteiger partial charge on any atom is 0.146 e. The standard InChI is InChI=1S/C16H27FN2/c1-5-10-18-12-14-8-9-16(15(17)11-14)19(7-3)13(4)6-2/h8-9,11,13,18H,5-7,10,12H2,1-4H3. The fourth-order valence-corrected chi connectivity index (χ4v) is 2.24. The highest BCUT2D eigenvalue weighted by Crippen LogP contribution is 2.23. The van der Waals surface area contributed by atoms with Crippen molar-refractivity contribution in [2.45, 2.75) is 53.1 Å². The number of halogens is 1. The fraction of sp³-hybridized carbons (Fsp3) is 0.625. The smallest absolute Gasteiger partial charge is 0.146 e. The van der Waals surface area contributed by atoms with Crippen LogP contribution < -0.4 is 10.2 Å². The van der Waals surface area contributed by atoms with E-state index in [-0.39, 0.29) is 5.82 Å². The third kappa shape index (κ3) is 4.50. The van der Waals surface area contributed by atoms with Gasteiger partial charge in [-0.05, 0) is 50.9 Å².